The van der Waals surface area contributed by atoms with E-state index in [-0.39, 0.29) is 12.5 Å². The predicted molar refractivity (Wildman–Crippen MR) is 81.8 cm³/mol. The smallest absolute Gasteiger partial charge is 0.328 e. The minimum absolute atomic E-state index is 0.0937. The number of carbonyl (C=O) groups is 1. The maximum absolute atomic E-state index is 11.5. The summed E-state index contributed by atoms with van der Waals surface area (Å²) in [6, 6.07) is 7.88. The van der Waals surface area contributed by atoms with E-state index in [1.165, 1.54) is 5.56 Å². The lowest BCUT2D eigenvalue weighted by molar-refractivity contribution is -0.152. The number of nitrogens with two attached hydrogens (primary N) is 1. The zero-order chi connectivity index (χ0) is 15.2. The zero-order valence-electron chi connectivity index (χ0n) is 12.6. The molecule has 20 heavy (non-hydrogen) atoms. The van der Waals surface area contributed by atoms with Gasteiger partial charge in [-0.05, 0) is 44.9 Å². The molecule has 0 bridgehead atoms. The normalized spacial score (nSPS) is 12.1. The summed E-state index contributed by atoms with van der Waals surface area (Å²) < 4.78 is 5.15. The summed E-state index contributed by atoms with van der Waals surface area (Å²) in [6.07, 6.45) is 0.949. The van der Waals surface area contributed by atoms with Crippen LogP contribution in [0.1, 0.15) is 33.3 Å². The Balaban J connectivity index is 2.55. The van der Waals surface area contributed by atoms with Crippen molar-refractivity contribution in [1.82, 2.24) is 0 Å². The van der Waals surface area contributed by atoms with E-state index in [4.69, 9.17) is 10.5 Å². The Morgan fingerprint density at radius 2 is 2.10 bits per heavy atom. The third kappa shape index (κ3) is 6.22. The van der Waals surface area contributed by atoms with Gasteiger partial charge in [-0.15, -0.1) is 0 Å². The van der Waals surface area contributed by atoms with Gasteiger partial charge in [-0.1, -0.05) is 19.1 Å². The predicted octanol–water partition coefficient (Wildman–Crippen LogP) is 2.32. The molecule has 0 fully saturated rings. The second kappa shape index (κ2) is 6.93. The van der Waals surface area contributed by atoms with Crippen LogP contribution in [0, 0.1) is 0 Å². The number of carbonyl (C=O) groups excluding carboxylic acids is 1. The van der Waals surface area contributed by atoms with E-state index in [0.717, 1.165) is 12.1 Å². The van der Waals surface area contributed by atoms with E-state index in [1.807, 2.05) is 45.0 Å². The summed E-state index contributed by atoms with van der Waals surface area (Å²) in [5, 5.41) is 2.95. The molecule has 0 aliphatic carbocycles. The number of benzene rings is 1. The van der Waals surface area contributed by atoms with Gasteiger partial charge >= 0.3 is 5.97 Å². The molecule has 0 spiro atoms. The summed E-state index contributed by atoms with van der Waals surface area (Å²) >= 11 is 0. The van der Waals surface area contributed by atoms with E-state index in [0.29, 0.717) is 0 Å². The highest BCUT2D eigenvalue weighted by Crippen LogP contribution is 2.10. The van der Waals surface area contributed by atoms with E-state index in [2.05, 4.69) is 17.2 Å². The Kier molecular flexibility index (Phi) is 5.55. The number of ether oxygens (including phenoxy) is 1. The molecule has 110 valence electrons. The standard InChI is InChI=1S/C15H23N3O2/c1-5-11-7-6-8-12(9-11)18-14(16)17-10-13(19)20-15(2,3)4/h6-9H,5,10H2,1-4H3,(H3,16,17,18). The highest BCUT2D eigenvalue weighted by Gasteiger charge is 2.15. The van der Waals surface area contributed by atoms with Crippen LogP contribution in [0.25, 0.3) is 0 Å². The topological polar surface area (TPSA) is 76.7 Å². The Hall–Kier alpha value is -2.04. The number of aryl methyl sites for hydroxylation is 1. The fraction of sp³-hybridized carbons (Fsp3) is 0.467. The first-order chi connectivity index (χ1) is 9.30. The molecular formula is C15H23N3O2. The van der Waals surface area contributed by atoms with E-state index in [1.54, 1.807) is 0 Å². The van der Waals surface area contributed by atoms with Gasteiger partial charge in [0, 0.05) is 5.69 Å². The van der Waals surface area contributed by atoms with Crippen molar-refractivity contribution in [2.45, 2.75) is 39.7 Å². The summed E-state index contributed by atoms with van der Waals surface area (Å²) in [5.74, 6) is -0.200. The molecule has 0 atom stereocenters. The molecule has 0 aromatic heterocycles. The van der Waals surface area contributed by atoms with Crippen LogP contribution >= 0.6 is 0 Å². The highest BCUT2D eigenvalue weighted by molar-refractivity contribution is 5.93. The van der Waals surface area contributed by atoms with Gasteiger partial charge in [0.15, 0.2) is 5.96 Å². The average Bonchev–Trinajstić information content (AvgIpc) is 2.34. The van der Waals surface area contributed by atoms with Gasteiger partial charge in [-0.2, -0.15) is 0 Å². The quantitative estimate of drug-likeness (QED) is 0.503. The fourth-order valence-corrected chi connectivity index (χ4v) is 1.58. The van der Waals surface area contributed by atoms with Crippen LogP contribution in [0.2, 0.25) is 0 Å². The first-order valence-corrected chi connectivity index (χ1v) is 6.68. The Bertz CT molecular complexity index is 490. The second-order valence-electron chi connectivity index (χ2n) is 5.47. The molecule has 1 aromatic rings. The van der Waals surface area contributed by atoms with Crippen molar-refractivity contribution in [2.24, 2.45) is 10.7 Å². The van der Waals surface area contributed by atoms with Gasteiger partial charge in [-0.25, -0.2) is 4.99 Å². The monoisotopic (exact) mass is 277 g/mol. The minimum atomic E-state index is -0.510. The molecule has 0 unspecified atom stereocenters. The molecule has 0 saturated carbocycles. The zero-order valence-corrected chi connectivity index (χ0v) is 12.6. The minimum Gasteiger partial charge on any atom is -0.459 e. The number of hydrogen-bond donors (Lipinski definition) is 2. The molecule has 0 radical (unpaired) electrons. The van der Waals surface area contributed by atoms with Gasteiger partial charge in [0.05, 0.1) is 0 Å². The van der Waals surface area contributed by atoms with Crippen LogP contribution in [-0.4, -0.2) is 24.1 Å². The molecular weight excluding hydrogens is 254 g/mol. The lowest BCUT2D eigenvalue weighted by Crippen LogP contribution is -2.28. The molecule has 1 rings (SSSR count). The first-order valence-electron chi connectivity index (χ1n) is 6.68. The molecule has 0 heterocycles. The lowest BCUT2D eigenvalue weighted by atomic mass is 10.1. The number of aliphatic imine (C=N–C) groups is 1. The van der Waals surface area contributed by atoms with Crippen molar-refractivity contribution in [3.63, 3.8) is 0 Å². The van der Waals surface area contributed by atoms with Crippen LogP contribution in [0.5, 0.6) is 0 Å². The number of hydrogen-bond acceptors (Lipinski definition) is 3. The third-order valence-electron chi connectivity index (χ3n) is 2.41. The molecule has 5 heteroatoms. The molecule has 0 saturated heterocycles. The van der Waals surface area contributed by atoms with Crippen LogP contribution in [0.15, 0.2) is 29.3 Å². The van der Waals surface area contributed by atoms with Crippen LogP contribution < -0.4 is 11.1 Å². The van der Waals surface area contributed by atoms with Gasteiger partial charge in [0.25, 0.3) is 0 Å². The van der Waals surface area contributed by atoms with Gasteiger partial charge in [0.1, 0.15) is 12.1 Å². The van der Waals surface area contributed by atoms with Crippen molar-refractivity contribution >= 4 is 17.6 Å². The lowest BCUT2D eigenvalue weighted by Gasteiger charge is -2.18. The highest BCUT2D eigenvalue weighted by atomic mass is 16.6. The van der Waals surface area contributed by atoms with Crippen molar-refractivity contribution in [2.75, 3.05) is 11.9 Å². The van der Waals surface area contributed by atoms with E-state index < -0.39 is 11.6 Å². The number of guanidine groups is 1. The molecule has 5 nitrogen and oxygen atoms in total. The van der Waals surface area contributed by atoms with E-state index >= 15 is 0 Å². The molecule has 0 aliphatic heterocycles. The largest absolute Gasteiger partial charge is 0.459 e. The Morgan fingerprint density at radius 1 is 1.40 bits per heavy atom. The molecule has 0 amide bonds. The number of rotatable bonds is 4. The van der Waals surface area contributed by atoms with Gasteiger partial charge in [0.2, 0.25) is 0 Å². The molecule has 3 N–H and O–H groups in total. The maximum Gasteiger partial charge on any atom is 0.328 e. The summed E-state index contributed by atoms with van der Waals surface area (Å²) in [7, 11) is 0. The Morgan fingerprint density at radius 3 is 2.70 bits per heavy atom. The third-order valence-corrected chi connectivity index (χ3v) is 2.41. The van der Waals surface area contributed by atoms with E-state index in [9.17, 15) is 4.79 Å². The SMILES string of the molecule is CCc1cccc(NC(N)=NCC(=O)OC(C)(C)C)c1. The van der Waals surface area contributed by atoms with Crippen LogP contribution in [-0.2, 0) is 16.0 Å². The maximum atomic E-state index is 11.5. The summed E-state index contributed by atoms with van der Waals surface area (Å²) in [6.45, 7) is 7.42. The molecule has 0 aliphatic rings. The van der Waals surface area contributed by atoms with Crippen molar-refractivity contribution in [3.8, 4) is 0 Å². The van der Waals surface area contributed by atoms with Crippen molar-refractivity contribution in [3.05, 3.63) is 29.8 Å². The second-order valence-corrected chi connectivity index (χ2v) is 5.47. The van der Waals surface area contributed by atoms with Crippen molar-refractivity contribution < 1.29 is 9.53 Å². The number of esters is 1. The Labute approximate surface area is 120 Å². The van der Waals surface area contributed by atoms with Crippen LogP contribution in [0.4, 0.5) is 5.69 Å². The number of nitrogens with one attached hydrogen (secondary N) is 1. The summed E-state index contributed by atoms with van der Waals surface area (Å²) in [4.78, 5) is 15.5. The van der Waals surface area contributed by atoms with Gasteiger partial charge in [-0.3, -0.25) is 4.79 Å². The molecule has 1 aromatic carbocycles. The summed E-state index contributed by atoms with van der Waals surface area (Å²) in [5.41, 5.74) is 7.29. The van der Waals surface area contributed by atoms with Gasteiger partial charge < -0.3 is 15.8 Å². The van der Waals surface area contributed by atoms with Crippen molar-refractivity contribution in [1.29, 1.82) is 0 Å². The van der Waals surface area contributed by atoms with Crippen LogP contribution in [0.3, 0.4) is 0 Å². The number of anilines is 1. The first kappa shape index (κ1) is 16.0. The number of nitrogens with zero attached hydrogens (tertiary/aromatic N) is 1. The fourth-order valence-electron chi connectivity index (χ4n) is 1.58. The average molecular weight is 277 g/mol.